The van der Waals surface area contributed by atoms with Crippen LogP contribution in [0.2, 0.25) is 0 Å². The molecule has 0 aromatic heterocycles. The van der Waals surface area contributed by atoms with Crippen LogP contribution in [0.4, 0.5) is 0 Å². The minimum absolute atomic E-state index is 0.115. The van der Waals surface area contributed by atoms with Crippen LogP contribution in [0.3, 0.4) is 0 Å². The van der Waals surface area contributed by atoms with Crippen LogP contribution in [0.25, 0.3) is 10.8 Å². The van der Waals surface area contributed by atoms with Crippen molar-refractivity contribution in [1.82, 2.24) is 4.31 Å². The molecule has 0 spiro atoms. The van der Waals surface area contributed by atoms with Crippen LogP contribution in [-0.4, -0.2) is 32.3 Å². The minimum Gasteiger partial charge on any atom is -0.460 e. The highest BCUT2D eigenvalue weighted by Gasteiger charge is 2.23. The summed E-state index contributed by atoms with van der Waals surface area (Å²) in [6, 6.07) is 21.6. The Bertz CT molecular complexity index is 1020. The SMILES string of the molecule is CN(CC(=O)OCc1ccccc1)S(=O)(=O)c1ccc2ccccc2c1. The number of likely N-dealkylation sites (N-methyl/N-ethyl adjacent to an activating group) is 1. The number of sulfonamides is 1. The summed E-state index contributed by atoms with van der Waals surface area (Å²) in [5, 5.41) is 1.78. The van der Waals surface area contributed by atoms with E-state index < -0.39 is 16.0 Å². The molecule has 0 heterocycles. The Kier molecular flexibility index (Phi) is 5.35. The zero-order valence-electron chi connectivity index (χ0n) is 14.3. The maximum atomic E-state index is 12.7. The molecule has 0 atom stereocenters. The lowest BCUT2D eigenvalue weighted by Gasteiger charge is -2.17. The highest BCUT2D eigenvalue weighted by Crippen LogP contribution is 2.21. The number of carbonyl (C=O) groups excluding carboxylic acids is 1. The number of ether oxygens (including phenoxy) is 1. The molecule has 0 radical (unpaired) electrons. The van der Waals surface area contributed by atoms with Gasteiger partial charge in [-0.3, -0.25) is 4.79 Å². The monoisotopic (exact) mass is 369 g/mol. The summed E-state index contributed by atoms with van der Waals surface area (Å²) in [6.07, 6.45) is 0. The van der Waals surface area contributed by atoms with E-state index >= 15 is 0 Å². The highest BCUT2D eigenvalue weighted by molar-refractivity contribution is 7.89. The van der Waals surface area contributed by atoms with Gasteiger partial charge >= 0.3 is 5.97 Å². The number of hydrogen-bond donors (Lipinski definition) is 0. The van der Waals surface area contributed by atoms with E-state index in [4.69, 9.17) is 4.74 Å². The Morgan fingerprint density at radius 2 is 1.58 bits per heavy atom. The second-order valence-corrected chi connectivity index (χ2v) is 7.96. The quantitative estimate of drug-likeness (QED) is 0.626. The van der Waals surface area contributed by atoms with Gasteiger partial charge in [-0.1, -0.05) is 60.7 Å². The van der Waals surface area contributed by atoms with E-state index in [0.717, 1.165) is 20.6 Å². The molecule has 134 valence electrons. The number of fused-ring (bicyclic) bond motifs is 1. The van der Waals surface area contributed by atoms with Crippen LogP contribution >= 0.6 is 0 Å². The molecule has 0 aliphatic rings. The molecule has 26 heavy (non-hydrogen) atoms. The van der Waals surface area contributed by atoms with E-state index in [2.05, 4.69) is 0 Å². The third-order valence-corrected chi connectivity index (χ3v) is 5.82. The molecule has 0 unspecified atom stereocenters. The smallest absolute Gasteiger partial charge is 0.321 e. The molecule has 3 aromatic carbocycles. The van der Waals surface area contributed by atoms with Crippen molar-refractivity contribution < 1.29 is 17.9 Å². The lowest BCUT2D eigenvalue weighted by molar-refractivity contribution is -0.144. The van der Waals surface area contributed by atoms with Gasteiger partial charge in [0.05, 0.1) is 4.90 Å². The Hall–Kier alpha value is -2.70. The number of rotatable bonds is 6. The summed E-state index contributed by atoms with van der Waals surface area (Å²) in [5.74, 6) is -0.597. The van der Waals surface area contributed by atoms with E-state index in [9.17, 15) is 13.2 Å². The number of carbonyl (C=O) groups is 1. The normalized spacial score (nSPS) is 11.6. The van der Waals surface area contributed by atoms with Gasteiger partial charge in [0, 0.05) is 7.05 Å². The second kappa shape index (κ2) is 7.68. The van der Waals surface area contributed by atoms with Crippen LogP contribution in [0.15, 0.2) is 77.7 Å². The zero-order chi connectivity index (χ0) is 18.6. The van der Waals surface area contributed by atoms with Crippen LogP contribution in [0.1, 0.15) is 5.56 Å². The molecule has 5 nitrogen and oxygen atoms in total. The molecule has 0 saturated carbocycles. The summed E-state index contributed by atoms with van der Waals surface area (Å²) in [5.41, 5.74) is 0.848. The molecule has 0 fully saturated rings. The standard InChI is InChI=1S/C20H19NO4S/c1-21(14-20(22)25-15-16-7-3-2-4-8-16)26(23,24)19-12-11-17-9-5-6-10-18(17)13-19/h2-13H,14-15H2,1H3. The van der Waals surface area contributed by atoms with Crippen LogP contribution in [-0.2, 0) is 26.2 Å². The van der Waals surface area contributed by atoms with Gasteiger partial charge in [0.25, 0.3) is 0 Å². The van der Waals surface area contributed by atoms with Crippen LogP contribution < -0.4 is 0 Å². The van der Waals surface area contributed by atoms with Crippen LogP contribution in [0.5, 0.6) is 0 Å². The summed E-state index contributed by atoms with van der Waals surface area (Å²) < 4.78 is 31.6. The third-order valence-electron chi connectivity index (χ3n) is 4.02. The largest absolute Gasteiger partial charge is 0.460 e. The first-order chi connectivity index (χ1) is 12.5. The Morgan fingerprint density at radius 3 is 2.31 bits per heavy atom. The zero-order valence-corrected chi connectivity index (χ0v) is 15.1. The van der Waals surface area contributed by atoms with E-state index in [1.165, 1.54) is 7.05 Å². The Morgan fingerprint density at radius 1 is 0.923 bits per heavy atom. The van der Waals surface area contributed by atoms with E-state index in [0.29, 0.717) is 0 Å². The Labute approximate surface area is 152 Å². The molecule has 0 bridgehead atoms. The van der Waals surface area contributed by atoms with Gasteiger partial charge in [0.2, 0.25) is 10.0 Å². The van der Waals surface area contributed by atoms with Crippen molar-refractivity contribution in [2.75, 3.05) is 13.6 Å². The fourth-order valence-electron chi connectivity index (χ4n) is 2.56. The van der Waals surface area contributed by atoms with Crippen molar-refractivity contribution in [2.45, 2.75) is 11.5 Å². The predicted octanol–water partition coefficient (Wildman–Crippen LogP) is 3.20. The molecule has 6 heteroatoms. The first-order valence-corrected chi connectivity index (χ1v) is 9.55. The van der Waals surface area contributed by atoms with E-state index in [1.807, 2.05) is 54.6 Å². The van der Waals surface area contributed by atoms with Gasteiger partial charge in [0.15, 0.2) is 0 Å². The number of hydrogen-bond acceptors (Lipinski definition) is 4. The van der Waals surface area contributed by atoms with Gasteiger partial charge in [-0.15, -0.1) is 0 Å². The molecule has 3 aromatic rings. The average Bonchev–Trinajstić information content (AvgIpc) is 2.66. The topological polar surface area (TPSA) is 63.7 Å². The average molecular weight is 369 g/mol. The van der Waals surface area contributed by atoms with Crippen molar-refractivity contribution >= 4 is 26.8 Å². The fraction of sp³-hybridized carbons (Fsp3) is 0.150. The molecule has 0 aliphatic carbocycles. The predicted molar refractivity (Wildman–Crippen MR) is 100 cm³/mol. The molecule has 0 aliphatic heterocycles. The van der Waals surface area contributed by atoms with Crippen molar-refractivity contribution in [3.05, 3.63) is 78.4 Å². The van der Waals surface area contributed by atoms with Gasteiger partial charge < -0.3 is 4.74 Å². The summed E-state index contributed by atoms with van der Waals surface area (Å²) >= 11 is 0. The van der Waals surface area contributed by atoms with Gasteiger partial charge in [-0.2, -0.15) is 4.31 Å². The first-order valence-electron chi connectivity index (χ1n) is 8.11. The highest BCUT2D eigenvalue weighted by atomic mass is 32.2. The van der Waals surface area contributed by atoms with Crippen LogP contribution in [0, 0.1) is 0 Å². The summed E-state index contributed by atoms with van der Waals surface area (Å²) in [7, 11) is -2.41. The Balaban J connectivity index is 1.68. The summed E-state index contributed by atoms with van der Waals surface area (Å²) in [6.45, 7) is -0.231. The van der Waals surface area contributed by atoms with Gasteiger partial charge in [0.1, 0.15) is 13.2 Å². The van der Waals surface area contributed by atoms with Gasteiger partial charge in [-0.25, -0.2) is 8.42 Å². The van der Waals surface area contributed by atoms with E-state index in [-0.39, 0.29) is 18.0 Å². The lowest BCUT2D eigenvalue weighted by Crippen LogP contribution is -2.33. The summed E-state index contributed by atoms with van der Waals surface area (Å²) in [4.78, 5) is 12.1. The molecule has 0 N–H and O–H groups in total. The fourth-order valence-corrected chi connectivity index (χ4v) is 3.71. The second-order valence-electron chi connectivity index (χ2n) is 5.92. The lowest BCUT2D eigenvalue weighted by atomic mass is 10.1. The number of esters is 1. The molecular formula is C20H19NO4S. The molecule has 0 amide bonds. The number of nitrogens with zero attached hydrogens (tertiary/aromatic N) is 1. The van der Waals surface area contributed by atoms with Gasteiger partial charge in [-0.05, 0) is 28.5 Å². The van der Waals surface area contributed by atoms with Crippen molar-refractivity contribution in [1.29, 1.82) is 0 Å². The van der Waals surface area contributed by atoms with E-state index in [1.54, 1.807) is 18.2 Å². The molecular weight excluding hydrogens is 350 g/mol. The van der Waals surface area contributed by atoms with Crippen molar-refractivity contribution in [3.8, 4) is 0 Å². The minimum atomic E-state index is -3.78. The van der Waals surface area contributed by atoms with Crippen molar-refractivity contribution in [3.63, 3.8) is 0 Å². The third kappa shape index (κ3) is 4.09. The first kappa shape index (κ1) is 18.1. The molecule has 3 rings (SSSR count). The molecule has 0 saturated heterocycles. The van der Waals surface area contributed by atoms with Crippen molar-refractivity contribution in [2.24, 2.45) is 0 Å². The number of benzene rings is 3. The maximum Gasteiger partial charge on any atom is 0.321 e. The maximum absolute atomic E-state index is 12.7.